The molecule has 1 aromatic heterocycles. The van der Waals surface area contributed by atoms with Crippen LogP contribution in [0.5, 0.6) is 0 Å². The van der Waals surface area contributed by atoms with Crippen LogP contribution in [0.25, 0.3) is 0 Å². The maximum Gasteiger partial charge on any atom is 0.318 e. The predicted molar refractivity (Wildman–Crippen MR) is 54.6 cm³/mol. The zero-order valence-corrected chi connectivity index (χ0v) is 9.25. The largest absolute Gasteiger partial charge is 0.468 e. The Hall–Kier alpha value is -1.65. The molecule has 0 amide bonds. The minimum atomic E-state index is -0.945. The molecule has 1 heterocycles. The van der Waals surface area contributed by atoms with Crippen molar-refractivity contribution in [1.82, 2.24) is 9.97 Å². The second kappa shape index (κ2) is 3.84. The third-order valence-electron chi connectivity index (χ3n) is 2.16. The lowest BCUT2D eigenvalue weighted by molar-refractivity contribution is -0.146. The summed E-state index contributed by atoms with van der Waals surface area (Å²) in [6.07, 6.45) is 0. The first-order valence-electron chi connectivity index (χ1n) is 4.55. The normalized spacial score (nSPS) is 11.2. The van der Waals surface area contributed by atoms with Crippen LogP contribution in [0.2, 0.25) is 0 Å². The van der Waals surface area contributed by atoms with Gasteiger partial charge < -0.3 is 9.72 Å². The number of rotatable bonds is 2. The van der Waals surface area contributed by atoms with Crippen molar-refractivity contribution in [3.63, 3.8) is 0 Å². The fraction of sp³-hybridized carbons (Fsp3) is 0.500. The second-order valence-corrected chi connectivity index (χ2v) is 3.85. The number of aromatic amines is 1. The molecule has 5 nitrogen and oxygen atoms in total. The molecule has 0 unspecified atom stereocenters. The summed E-state index contributed by atoms with van der Waals surface area (Å²) in [7, 11) is 1.30. The van der Waals surface area contributed by atoms with Gasteiger partial charge in [0, 0.05) is 11.8 Å². The van der Waals surface area contributed by atoms with Crippen LogP contribution in [0.4, 0.5) is 0 Å². The van der Waals surface area contributed by atoms with E-state index in [1.807, 2.05) is 0 Å². The quantitative estimate of drug-likeness (QED) is 0.723. The lowest BCUT2D eigenvalue weighted by atomic mass is 9.92. The Bertz CT molecular complexity index is 435. The number of ether oxygens (including phenoxy) is 1. The van der Waals surface area contributed by atoms with Gasteiger partial charge in [-0.25, -0.2) is 4.98 Å². The van der Waals surface area contributed by atoms with Crippen molar-refractivity contribution in [2.45, 2.75) is 26.2 Å². The van der Waals surface area contributed by atoms with Gasteiger partial charge in [0.05, 0.1) is 7.11 Å². The number of nitrogens with one attached hydrogen (secondary N) is 1. The van der Waals surface area contributed by atoms with Crippen LogP contribution in [0.1, 0.15) is 25.4 Å². The molecule has 1 N–H and O–H groups in total. The SMILES string of the molecule is COC(=O)C(C)(C)c1nc(C)cc(=O)[nH]1. The summed E-state index contributed by atoms with van der Waals surface area (Å²) in [5, 5.41) is 0. The fourth-order valence-electron chi connectivity index (χ4n) is 1.23. The Labute approximate surface area is 87.5 Å². The van der Waals surface area contributed by atoms with Gasteiger partial charge in [0.2, 0.25) is 0 Å². The second-order valence-electron chi connectivity index (χ2n) is 3.85. The topological polar surface area (TPSA) is 72.0 Å². The van der Waals surface area contributed by atoms with E-state index < -0.39 is 11.4 Å². The molecule has 0 aliphatic carbocycles. The highest BCUT2D eigenvalue weighted by molar-refractivity contribution is 5.80. The van der Waals surface area contributed by atoms with Crippen molar-refractivity contribution < 1.29 is 9.53 Å². The maximum absolute atomic E-state index is 11.5. The maximum atomic E-state index is 11.5. The Morgan fingerprint density at radius 1 is 1.53 bits per heavy atom. The molecule has 0 saturated carbocycles. The predicted octanol–water partition coefficient (Wildman–Crippen LogP) is 0.529. The van der Waals surface area contributed by atoms with Gasteiger partial charge in [-0.05, 0) is 20.8 Å². The lowest BCUT2D eigenvalue weighted by Gasteiger charge is -2.20. The average molecular weight is 210 g/mol. The molecule has 0 bridgehead atoms. The zero-order chi connectivity index (χ0) is 11.6. The molecule has 0 radical (unpaired) electrons. The number of esters is 1. The van der Waals surface area contributed by atoms with E-state index in [0.717, 1.165) is 0 Å². The summed E-state index contributed by atoms with van der Waals surface area (Å²) in [5.74, 6) is -0.115. The first-order chi connectivity index (χ1) is 6.87. The van der Waals surface area contributed by atoms with Crippen molar-refractivity contribution >= 4 is 5.97 Å². The summed E-state index contributed by atoms with van der Waals surface area (Å²) < 4.78 is 4.65. The number of carbonyl (C=O) groups is 1. The van der Waals surface area contributed by atoms with E-state index >= 15 is 0 Å². The van der Waals surface area contributed by atoms with Crippen LogP contribution >= 0.6 is 0 Å². The summed E-state index contributed by atoms with van der Waals surface area (Å²) in [6, 6.07) is 1.37. The first-order valence-corrected chi connectivity index (χ1v) is 4.55. The smallest absolute Gasteiger partial charge is 0.318 e. The average Bonchev–Trinajstić information content (AvgIpc) is 2.15. The molecule has 82 valence electrons. The lowest BCUT2D eigenvalue weighted by Crippen LogP contribution is -2.34. The number of methoxy groups -OCH3 is 1. The molecule has 0 saturated heterocycles. The van der Waals surface area contributed by atoms with Crippen molar-refractivity contribution in [1.29, 1.82) is 0 Å². The minimum absolute atomic E-state index is 0.269. The van der Waals surface area contributed by atoms with Gasteiger partial charge in [-0.15, -0.1) is 0 Å². The number of carbonyl (C=O) groups excluding carboxylic acids is 1. The van der Waals surface area contributed by atoms with Crippen LogP contribution in [0.15, 0.2) is 10.9 Å². The highest BCUT2D eigenvalue weighted by Crippen LogP contribution is 2.19. The molecular formula is C10H14N2O3. The molecule has 0 spiro atoms. The van der Waals surface area contributed by atoms with Crippen molar-refractivity contribution in [2.24, 2.45) is 0 Å². The van der Waals surface area contributed by atoms with Crippen LogP contribution in [0.3, 0.4) is 0 Å². The summed E-state index contributed by atoms with van der Waals surface area (Å²) in [5.41, 5.74) is -0.639. The molecule has 1 rings (SSSR count). The Balaban J connectivity index is 3.26. The molecule has 5 heteroatoms. The van der Waals surface area contributed by atoms with Gasteiger partial charge in [-0.1, -0.05) is 0 Å². The standard InChI is InChI=1S/C10H14N2O3/c1-6-5-7(13)12-8(11-6)10(2,3)9(14)15-4/h5H,1-4H3,(H,11,12,13). The minimum Gasteiger partial charge on any atom is -0.468 e. The van der Waals surface area contributed by atoms with Gasteiger partial charge in [0.15, 0.2) is 0 Å². The molecule has 15 heavy (non-hydrogen) atoms. The number of aromatic nitrogens is 2. The van der Waals surface area contributed by atoms with Crippen LogP contribution in [-0.2, 0) is 14.9 Å². The molecule has 0 atom stereocenters. The van der Waals surface area contributed by atoms with Gasteiger partial charge in [0.1, 0.15) is 11.2 Å². The molecule has 0 aromatic carbocycles. The molecule has 0 aliphatic rings. The molecule has 0 aliphatic heterocycles. The number of hydrogen-bond donors (Lipinski definition) is 1. The van der Waals surface area contributed by atoms with E-state index in [-0.39, 0.29) is 5.56 Å². The van der Waals surface area contributed by atoms with E-state index in [9.17, 15) is 9.59 Å². The van der Waals surface area contributed by atoms with Gasteiger partial charge in [-0.2, -0.15) is 0 Å². The van der Waals surface area contributed by atoms with Crippen molar-refractivity contribution in [3.05, 3.63) is 27.9 Å². The highest BCUT2D eigenvalue weighted by atomic mass is 16.5. The number of H-pyrrole nitrogens is 1. The van der Waals surface area contributed by atoms with E-state index in [2.05, 4.69) is 14.7 Å². The monoisotopic (exact) mass is 210 g/mol. The molecule has 0 fully saturated rings. The Kier molecular flexibility index (Phi) is 2.93. The zero-order valence-electron chi connectivity index (χ0n) is 9.25. The van der Waals surface area contributed by atoms with Crippen molar-refractivity contribution in [2.75, 3.05) is 7.11 Å². The van der Waals surface area contributed by atoms with E-state index in [0.29, 0.717) is 11.5 Å². The summed E-state index contributed by atoms with van der Waals surface area (Å²) in [4.78, 5) is 29.3. The van der Waals surface area contributed by atoms with Crippen LogP contribution in [-0.4, -0.2) is 23.0 Å². The molecular weight excluding hydrogens is 196 g/mol. The number of hydrogen-bond acceptors (Lipinski definition) is 4. The Morgan fingerprint density at radius 3 is 2.60 bits per heavy atom. The van der Waals surface area contributed by atoms with E-state index in [1.54, 1.807) is 20.8 Å². The van der Waals surface area contributed by atoms with Gasteiger partial charge in [-0.3, -0.25) is 9.59 Å². The van der Waals surface area contributed by atoms with Crippen LogP contribution in [0, 0.1) is 6.92 Å². The molecule has 1 aromatic rings. The van der Waals surface area contributed by atoms with E-state index in [4.69, 9.17) is 0 Å². The first kappa shape index (κ1) is 11.4. The third kappa shape index (κ3) is 2.23. The van der Waals surface area contributed by atoms with Crippen molar-refractivity contribution in [3.8, 4) is 0 Å². The summed E-state index contributed by atoms with van der Waals surface area (Å²) in [6.45, 7) is 5.00. The summed E-state index contributed by atoms with van der Waals surface area (Å²) >= 11 is 0. The van der Waals surface area contributed by atoms with Crippen LogP contribution < -0.4 is 5.56 Å². The third-order valence-corrected chi connectivity index (χ3v) is 2.16. The fourth-order valence-corrected chi connectivity index (χ4v) is 1.23. The number of nitrogens with zero attached hydrogens (tertiary/aromatic N) is 1. The van der Waals surface area contributed by atoms with Gasteiger partial charge in [0.25, 0.3) is 5.56 Å². The highest BCUT2D eigenvalue weighted by Gasteiger charge is 2.33. The number of aryl methyl sites for hydroxylation is 1. The van der Waals surface area contributed by atoms with E-state index in [1.165, 1.54) is 13.2 Å². The van der Waals surface area contributed by atoms with Gasteiger partial charge >= 0.3 is 5.97 Å². The Morgan fingerprint density at radius 2 is 2.13 bits per heavy atom.